The van der Waals surface area contributed by atoms with Gasteiger partial charge in [0.05, 0.1) is 0 Å². The molecule has 1 saturated carbocycles. The Balaban J connectivity index is 1.68. The lowest BCUT2D eigenvalue weighted by molar-refractivity contribution is 0.204. The van der Waals surface area contributed by atoms with Crippen LogP contribution in [0.3, 0.4) is 0 Å². The summed E-state index contributed by atoms with van der Waals surface area (Å²) in [6.45, 7) is 2.24. The van der Waals surface area contributed by atoms with Gasteiger partial charge in [0.1, 0.15) is 0 Å². The fraction of sp³-hybridized carbons (Fsp3) is 0.500. The third-order valence-corrected chi connectivity index (χ3v) is 4.39. The smallest absolute Gasteiger partial charge is 0.0250 e. The third-order valence-electron chi connectivity index (χ3n) is 4.39. The van der Waals surface area contributed by atoms with Crippen LogP contribution in [0, 0.1) is 0 Å². The quantitative estimate of drug-likeness (QED) is 0.864. The first-order chi connectivity index (χ1) is 8.84. The van der Waals surface area contributed by atoms with Crippen LogP contribution in [0.25, 0.3) is 5.57 Å². The Morgan fingerprint density at radius 2 is 1.94 bits per heavy atom. The van der Waals surface area contributed by atoms with Gasteiger partial charge in [0, 0.05) is 25.2 Å². The molecule has 2 aliphatic rings. The summed E-state index contributed by atoms with van der Waals surface area (Å²) in [5, 5.41) is 0. The van der Waals surface area contributed by atoms with Gasteiger partial charge in [-0.15, -0.1) is 0 Å². The van der Waals surface area contributed by atoms with E-state index in [1.54, 1.807) is 0 Å². The van der Waals surface area contributed by atoms with E-state index in [1.807, 2.05) is 0 Å². The SMILES string of the molecule is N[C@@H]1CCC[C@H]1N1CC=C(c2ccccc2)CC1. The zero-order valence-electron chi connectivity index (χ0n) is 10.9. The summed E-state index contributed by atoms with van der Waals surface area (Å²) in [6, 6.07) is 11.8. The van der Waals surface area contributed by atoms with Crippen LogP contribution in [0.1, 0.15) is 31.2 Å². The Morgan fingerprint density at radius 1 is 1.11 bits per heavy atom. The molecule has 0 saturated heterocycles. The molecule has 3 rings (SSSR count). The van der Waals surface area contributed by atoms with Gasteiger partial charge in [0.15, 0.2) is 0 Å². The van der Waals surface area contributed by atoms with Gasteiger partial charge in [-0.05, 0) is 30.4 Å². The predicted octanol–water partition coefficient (Wildman–Crippen LogP) is 2.66. The van der Waals surface area contributed by atoms with Gasteiger partial charge in [0.2, 0.25) is 0 Å². The monoisotopic (exact) mass is 242 g/mol. The van der Waals surface area contributed by atoms with E-state index in [9.17, 15) is 0 Å². The van der Waals surface area contributed by atoms with Crippen LogP contribution in [0.2, 0.25) is 0 Å². The molecule has 18 heavy (non-hydrogen) atoms. The Morgan fingerprint density at radius 3 is 2.56 bits per heavy atom. The van der Waals surface area contributed by atoms with Crippen LogP contribution in [-0.4, -0.2) is 30.1 Å². The van der Waals surface area contributed by atoms with Gasteiger partial charge < -0.3 is 5.73 Å². The molecule has 1 aliphatic heterocycles. The van der Waals surface area contributed by atoms with E-state index in [0.717, 1.165) is 13.0 Å². The number of nitrogens with two attached hydrogens (primary N) is 1. The Bertz CT molecular complexity index is 424. The average molecular weight is 242 g/mol. The van der Waals surface area contributed by atoms with Crippen molar-refractivity contribution in [2.24, 2.45) is 5.73 Å². The summed E-state index contributed by atoms with van der Waals surface area (Å²) in [5.41, 5.74) is 9.07. The zero-order chi connectivity index (χ0) is 12.4. The maximum atomic E-state index is 6.19. The van der Waals surface area contributed by atoms with E-state index in [4.69, 9.17) is 5.73 Å². The largest absolute Gasteiger partial charge is 0.326 e. The highest BCUT2D eigenvalue weighted by Gasteiger charge is 2.30. The van der Waals surface area contributed by atoms with E-state index >= 15 is 0 Å². The van der Waals surface area contributed by atoms with Gasteiger partial charge in [-0.3, -0.25) is 4.90 Å². The Labute approximate surface area is 109 Å². The fourth-order valence-corrected chi connectivity index (χ4v) is 3.32. The molecule has 1 aromatic carbocycles. The van der Waals surface area contributed by atoms with Crippen molar-refractivity contribution >= 4 is 5.57 Å². The standard InChI is InChI=1S/C16H22N2/c17-15-7-4-8-16(15)18-11-9-14(10-12-18)13-5-2-1-3-6-13/h1-3,5-6,9,15-16H,4,7-8,10-12,17H2/t15-,16-/m1/s1. The molecule has 2 nitrogen and oxygen atoms in total. The molecular weight excluding hydrogens is 220 g/mol. The summed E-state index contributed by atoms with van der Waals surface area (Å²) >= 11 is 0. The second-order valence-electron chi connectivity index (χ2n) is 5.50. The minimum atomic E-state index is 0.400. The Hall–Kier alpha value is -1.12. The highest BCUT2D eigenvalue weighted by atomic mass is 15.2. The van der Waals surface area contributed by atoms with Crippen molar-refractivity contribution in [2.45, 2.75) is 37.8 Å². The van der Waals surface area contributed by atoms with Crippen LogP contribution in [0.5, 0.6) is 0 Å². The molecule has 1 aromatic rings. The molecule has 2 N–H and O–H groups in total. The molecule has 0 aromatic heterocycles. The lowest BCUT2D eigenvalue weighted by atomic mass is 9.98. The predicted molar refractivity (Wildman–Crippen MR) is 76.2 cm³/mol. The van der Waals surface area contributed by atoms with E-state index in [-0.39, 0.29) is 0 Å². The molecule has 1 heterocycles. The van der Waals surface area contributed by atoms with Gasteiger partial charge in [-0.2, -0.15) is 0 Å². The van der Waals surface area contributed by atoms with Crippen molar-refractivity contribution in [3.05, 3.63) is 42.0 Å². The number of rotatable bonds is 2. The molecule has 1 aliphatic carbocycles. The van der Waals surface area contributed by atoms with Crippen molar-refractivity contribution in [3.63, 3.8) is 0 Å². The van der Waals surface area contributed by atoms with Crippen LogP contribution in [0.15, 0.2) is 36.4 Å². The first-order valence-electron chi connectivity index (χ1n) is 7.08. The van der Waals surface area contributed by atoms with Crippen LogP contribution < -0.4 is 5.73 Å². The minimum absolute atomic E-state index is 0.400. The van der Waals surface area contributed by atoms with Gasteiger partial charge in [0.25, 0.3) is 0 Å². The van der Waals surface area contributed by atoms with E-state index in [2.05, 4.69) is 41.3 Å². The number of hydrogen-bond acceptors (Lipinski definition) is 2. The molecule has 0 bridgehead atoms. The highest BCUT2D eigenvalue weighted by molar-refractivity contribution is 5.66. The second kappa shape index (κ2) is 5.25. The normalized spacial score (nSPS) is 29.3. The van der Waals surface area contributed by atoms with E-state index < -0.39 is 0 Å². The maximum absolute atomic E-state index is 6.19. The molecule has 2 atom stereocenters. The summed E-state index contributed by atoms with van der Waals surface area (Å²) in [4.78, 5) is 2.57. The van der Waals surface area contributed by atoms with Crippen LogP contribution >= 0.6 is 0 Å². The third kappa shape index (κ3) is 2.36. The number of benzene rings is 1. The van der Waals surface area contributed by atoms with Crippen molar-refractivity contribution in [1.82, 2.24) is 4.90 Å². The van der Waals surface area contributed by atoms with E-state index in [0.29, 0.717) is 12.1 Å². The molecule has 0 amide bonds. The summed E-state index contributed by atoms with van der Waals surface area (Å²) in [7, 11) is 0. The topological polar surface area (TPSA) is 29.3 Å². The maximum Gasteiger partial charge on any atom is 0.0250 e. The van der Waals surface area contributed by atoms with Crippen molar-refractivity contribution < 1.29 is 0 Å². The lowest BCUT2D eigenvalue weighted by Crippen LogP contribution is -2.46. The minimum Gasteiger partial charge on any atom is -0.326 e. The molecule has 1 fully saturated rings. The molecule has 96 valence electrons. The van der Waals surface area contributed by atoms with Crippen molar-refractivity contribution in [3.8, 4) is 0 Å². The van der Waals surface area contributed by atoms with Gasteiger partial charge in [-0.1, -0.05) is 42.8 Å². The van der Waals surface area contributed by atoms with Crippen molar-refractivity contribution in [1.29, 1.82) is 0 Å². The molecule has 0 radical (unpaired) electrons. The number of nitrogens with zero attached hydrogens (tertiary/aromatic N) is 1. The van der Waals surface area contributed by atoms with Crippen LogP contribution in [0.4, 0.5) is 0 Å². The van der Waals surface area contributed by atoms with Crippen LogP contribution in [-0.2, 0) is 0 Å². The van der Waals surface area contributed by atoms with Gasteiger partial charge in [-0.25, -0.2) is 0 Å². The van der Waals surface area contributed by atoms with Gasteiger partial charge >= 0.3 is 0 Å². The molecule has 2 heteroatoms. The first kappa shape index (κ1) is 11.9. The van der Waals surface area contributed by atoms with Crippen molar-refractivity contribution in [2.75, 3.05) is 13.1 Å². The molecule has 0 spiro atoms. The number of hydrogen-bond donors (Lipinski definition) is 1. The van der Waals surface area contributed by atoms with E-state index in [1.165, 1.54) is 36.9 Å². The summed E-state index contributed by atoms with van der Waals surface area (Å²) < 4.78 is 0. The Kier molecular flexibility index (Phi) is 3.48. The first-order valence-corrected chi connectivity index (χ1v) is 7.08. The molecule has 0 unspecified atom stereocenters. The summed E-state index contributed by atoms with van der Waals surface area (Å²) in [5.74, 6) is 0. The zero-order valence-corrected chi connectivity index (χ0v) is 10.9. The molecular formula is C16H22N2. The lowest BCUT2D eigenvalue weighted by Gasteiger charge is -2.34. The fourth-order valence-electron chi connectivity index (χ4n) is 3.32. The average Bonchev–Trinajstić information content (AvgIpc) is 2.86. The highest BCUT2D eigenvalue weighted by Crippen LogP contribution is 2.28. The summed E-state index contributed by atoms with van der Waals surface area (Å²) in [6.07, 6.45) is 7.35. The second-order valence-corrected chi connectivity index (χ2v) is 5.50.